The summed E-state index contributed by atoms with van der Waals surface area (Å²) in [5.74, 6) is 1.18. The smallest absolute Gasteiger partial charge is 0.232 e. The Morgan fingerprint density at radius 2 is 1.79 bits per heavy atom. The van der Waals surface area contributed by atoms with Crippen LogP contribution in [0.15, 0.2) is 69.6 Å². The molecule has 6 heteroatoms. The molecule has 0 unspecified atom stereocenters. The van der Waals surface area contributed by atoms with E-state index in [-0.39, 0.29) is 12.3 Å². The highest BCUT2D eigenvalue weighted by Crippen LogP contribution is 2.24. The fourth-order valence-electron chi connectivity index (χ4n) is 3.01. The van der Waals surface area contributed by atoms with Crippen LogP contribution in [-0.2, 0) is 17.6 Å². The van der Waals surface area contributed by atoms with Crippen molar-refractivity contribution in [2.75, 3.05) is 5.32 Å². The second kappa shape index (κ2) is 8.14. The lowest BCUT2D eigenvalue weighted by molar-refractivity contribution is -0.115. The van der Waals surface area contributed by atoms with Crippen molar-refractivity contribution in [2.45, 2.75) is 26.7 Å². The Labute approximate surface area is 168 Å². The Morgan fingerprint density at radius 3 is 2.52 bits per heavy atom. The average Bonchev–Trinajstić information content (AvgIpc) is 3.35. The van der Waals surface area contributed by atoms with Crippen molar-refractivity contribution in [1.82, 2.24) is 10.1 Å². The van der Waals surface area contributed by atoms with Crippen molar-refractivity contribution in [1.29, 1.82) is 0 Å². The summed E-state index contributed by atoms with van der Waals surface area (Å²) < 4.78 is 11.0. The van der Waals surface area contributed by atoms with Gasteiger partial charge in [0.25, 0.3) is 0 Å². The molecule has 4 rings (SSSR count). The van der Waals surface area contributed by atoms with Crippen LogP contribution in [0.25, 0.3) is 22.7 Å². The van der Waals surface area contributed by atoms with Crippen LogP contribution in [0.4, 0.5) is 5.88 Å². The molecule has 0 spiro atoms. The Morgan fingerprint density at radius 1 is 1.03 bits per heavy atom. The maximum absolute atomic E-state index is 12.4. The molecule has 2 aromatic heterocycles. The number of aryl methyl sites for hydroxylation is 2. The van der Waals surface area contributed by atoms with Crippen LogP contribution >= 0.6 is 0 Å². The van der Waals surface area contributed by atoms with Crippen LogP contribution in [0.2, 0.25) is 0 Å². The van der Waals surface area contributed by atoms with E-state index in [9.17, 15) is 4.79 Å². The fraction of sp³-hybridized carbons (Fsp3) is 0.174. The molecule has 146 valence electrons. The highest BCUT2D eigenvalue weighted by atomic mass is 16.5. The molecule has 0 saturated heterocycles. The summed E-state index contributed by atoms with van der Waals surface area (Å²) in [5, 5.41) is 6.77. The molecular formula is C23H21N3O3. The molecule has 0 radical (unpaired) electrons. The molecule has 4 aromatic rings. The molecule has 0 aliphatic heterocycles. The van der Waals surface area contributed by atoms with Crippen molar-refractivity contribution < 1.29 is 13.7 Å². The van der Waals surface area contributed by atoms with Crippen LogP contribution in [0.1, 0.15) is 23.9 Å². The standard InChI is InChI=1S/C23H21N3O3/c1-3-16-9-11-17(12-10-16)20-14-22(29-26-20)25-21(27)13-19-15(2)28-23(24-19)18-7-5-4-6-8-18/h4-12,14H,3,13H2,1-2H3,(H,25,27). The van der Waals surface area contributed by atoms with Gasteiger partial charge in [-0.2, -0.15) is 0 Å². The molecule has 29 heavy (non-hydrogen) atoms. The predicted molar refractivity (Wildman–Crippen MR) is 110 cm³/mol. The Kier molecular flexibility index (Phi) is 5.24. The minimum absolute atomic E-state index is 0.0867. The average molecular weight is 387 g/mol. The topological polar surface area (TPSA) is 81.2 Å². The number of rotatable bonds is 6. The number of hydrogen-bond donors (Lipinski definition) is 1. The van der Waals surface area contributed by atoms with Crippen molar-refractivity contribution in [3.05, 3.63) is 77.7 Å². The van der Waals surface area contributed by atoms with Gasteiger partial charge in [-0.15, -0.1) is 0 Å². The van der Waals surface area contributed by atoms with E-state index < -0.39 is 0 Å². The molecule has 2 aromatic carbocycles. The van der Waals surface area contributed by atoms with Gasteiger partial charge < -0.3 is 8.94 Å². The quantitative estimate of drug-likeness (QED) is 0.501. The minimum Gasteiger partial charge on any atom is -0.441 e. The number of amides is 1. The van der Waals surface area contributed by atoms with E-state index in [4.69, 9.17) is 8.94 Å². The second-order valence-corrected chi connectivity index (χ2v) is 6.74. The van der Waals surface area contributed by atoms with Crippen LogP contribution in [0.5, 0.6) is 0 Å². The molecule has 0 atom stereocenters. The van der Waals surface area contributed by atoms with Crippen molar-refractivity contribution in [3.8, 4) is 22.7 Å². The van der Waals surface area contributed by atoms with Gasteiger partial charge in [0.1, 0.15) is 11.5 Å². The van der Waals surface area contributed by atoms with E-state index >= 15 is 0 Å². The number of carbonyl (C=O) groups excluding carboxylic acids is 1. The summed E-state index contributed by atoms with van der Waals surface area (Å²) >= 11 is 0. The Balaban J connectivity index is 1.43. The molecule has 1 N–H and O–H groups in total. The number of benzene rings is 2. The summed E-state index contributed by atoms with van der Waals surface area (Å²) in [7, 11) is 0. The summed E-state index contributed by atoms with van der Waals surface area (Å²) in [6.07, 6.45) is 1.07. The third kappa shape index (κ3) is 4.27. The molecule has 0 saturated carbocycles. The molecule has 1 amide bonds. The summed E-state index contributed by atoms with van der Waals surface area (Å²) in [6, 6.07) is 19.4. The maximum Gasteiger partial charge on any atom is 0.232 e. The molecule has 2 heterocycles. The minimum atomic E-state index is -0.245. The fourth-order valence-corrected chi connectivity index (χ4v) is 3.01. The van der Waals surface area contributed by atoms with Gasteiger partial charge in [0.2, 0.25) is 17.7 Å². The Bertz CT molecular complexity index is 1110. The second-order valence-electron chi connectivity index (χ2n) is 6.74. The van der Waals surface area contributed by atoms with Gasteiger partial charge in [0.15, 0.2) is 0 Å². The highest BCUT2D eigenvalue weighted by molar-refractivity contribution is 5.91. The first-order chi connectivity index (χ1) is 14.1. The van der Waals surface area contributed by atoms with Crippen LogP contribution < -0.4 is 5.32 Å². The Hall–Kier alpha value is -3.67. The number of hydrogen-bond acceptors (Lipinski definition) is 5. The molecule has 0 aliphatic rings. The van der Waals surface area contributed by atoms with Crippen molar-refractivity contribution >= 4 is 11.8 Å². The lowest BCUT2D eigenvalue weighted by atomic mass is 10.1. The lowest BCUT2D eigenvalue weighted by Gasteiger charge is -1.99. The maximum atomic E-state index is 12.4. The molecule has 0 aliphatic carbocycles. The van der Waals surface area contributed by atoms with Crippen molar-refractivity contribution in [2.24, 2.45) is 0 Å². The van der Waals surface area contributed by atoms with Gasteiger partial charge in [0, 0.05) is 17.2 Å². The zero-order chi connectivity index (χ0) is 20.2. The number of carbonyl (C=O) groups is 1. The SMILES string of the molecule is CCc1ccc(-c2cc(NC(=O)Cc3nc(-c4ccccc4)oc3C)on2)cc1. The van der Waals surface area contributed by atoms with Gasteiger partial charge in [0.05, 0.1) is 12.1 Å². The first-order valence-corrected chi connectivity index (χ1v) is 9.50. The van der Waals surface area contributed by atoms with Crippen LogP contribution in [0, 0.1) is 6.92 Å². The largest absolute Gasteiger partial charge is 0.441 e. The number of nitrogens with one attached hydrogen (secondary N) is 1. The highest BCUT2D eigenvalue weighted by Gasteiger charge is 2.16. The van der Waals surface area contributed by atoms with Gasteiger partial charge in [-0.3, -0.25) is 10.1 Å². The summed E-state index contributed by atoms with van der Waals surface area (Å²) in [5.41, 5.74) is 4.33. The van der Waals surface area contributed by atoms with E-state index in [0.29, 0.717) is 28.9 Å². The number of aromatic nitrogens is 2. The third-order valence-electron chi connectivity index (χ3n) is 4.67. The monoisotopic (exact) mass is 387 g/mol. The van der Waals surface area contributed by atoms with E-state index in [1.807, 2.05) is 42.5 Å². The third-order valence-corrected chi connectivity index (χ3v) is 4.67. The normalized spacial score (nSPS) is 10.8. The molecule has 0 fully saturated rings. The summed E-state index contributed by atoms with van der Waals surface area (Å²) in [6.45, 7) is 3.91. The van der Waals surface area contributed by atoms with Gasteiger partial charge >= 0.3 is 0 Å². The van der Waals surface area contributed by atoms with E-state index in [1.165, 1.54) is 5.56 Å². The molecule has 6 nitrogen and oxygen atoms in total. The first-order valence-electron chi connectivity index (χ1n) is 9.50. The van der Waals surface area contributed by atoms with Gasteiger partial charge in [-0.1, -0.05) is 54.5 Å². The van der Waals surface area contributed by atoms with Crippen LogP contribution in [0.3, 0.4) is 0 Å². The van der Waals surface area contributed by atoms with E-state index in [2.05, 4.69) is 34.5 Å². The first kappa shape index (κ1) is 18.7. The lowest BCUT2D eigenvalue weighted by Crippen LogP contribution is -2.14. The zero-order valence-electron chi connectivity index (χ0n) is 16.3. The van der Waals surface area contributed by atoms with Crippen LogP contribution in [-0.4, -0.2) is 16.0 Å². The van der Waals surface area contributed by atoms with Gasteiger partial charge in [-0.05, 0) is 31.0 Å². The number of anilines is 1. The van der Waals surface area contributed by atoms with Gasteiger partial charge in [-0.25, -0.2) is 4.98 Å². The zero-order valence-corrected chi connectivity index (χ0v) is 16.3. The predicted octanol–water partition coefficient (Wildman–Crippen LogP) is 5.05. The number of oxazole rings is 1. The van der Waals surface area contributed by atoms with Crippen molar-refractivity contribution in [3.63, 3.8) is 0 Å². The summed E-state index contributed by atoms with van der Waals surface area (Å²) in [4.78, 5) is 16.9. The molecule has 0 bridgehead atoms. The molecular weight excluding hydrogens is 366 g/mol. The van der Waals surface area contributed by atoms with E-state index in [0.717, 1.165) is 17.5 Å². The van der Waals surface area contributed by atoms with E-state index in [1.54, 1.807) is 13.0 Å². The number of nitrogens with zero attached hydrogens (tertiary/aromatic N) is 2.